The van der Waals surface area contributed by atoms with Gasteiger partial charge in [0.1, 0.15) is 5.75 Å². The van der Waals surface area contributed by atoms with Crippen molar-refractivity contribution in [1.82, 2.24) is 4.72 Å². The van der Waals surface area contributed by atoms with Gasteiger partial charge in [0.05, 0.1) is 24.0 Å². The van der Waals surface area contributed by atoms with Crippen molar-refractivity contribution in [1.29, 1.82) is 0 Å². The van der Waals surface area contributed by atoms with E-state index in [0.29, 0.717) is 12.2 Å². The monoisotopic (exact) mass is 286 g/mol. The third-order valence-electron chi connectivity index (χ3n) is 2.53. The van der Waals surface area contributed by atoms with Crippen LogP contribution < -0.4 is 14.6 Å². The van der Waals surface area contributed by atoms with Crippen LogP contribution in [0.15, 0.2) is 29.2 Å². The fourth-order valence-electron chi connectivity index (χ4n) is 1.52. The summed E-state index contributed by atoms with van der Waals surface area (Å²) in [6.07, 6.45) is 0.710. The first-order chi connectivity index (χ1) is 8.90. The fraction of sp³-hybridized carbons (Fsp3) is 0.417. The molecule has 0 aromatic heterocycles. The van der Waals surface area contributed by atoms with E-state index in [0.717, 1.165) is 0 Å². The van der Waals surface area contributed by atoms with Gasteiger partial charge in [-0.2, -0.15) is 0 Å². The Kier molecular flexibility index (Phi) is 5.31. The molecule has 0 fully saturated rings. The first kappa shape index (κ1) is 15.5. The summed E-state index contributed by atoms with van der Waals surface area (Å²) in [5.41, 5.74) is 0. The number of carboxylic acid groups (broad SMARTS) is 1. The highest BCUT2D eigenvalue weighted by Crippen LogP contribution is 2.16. The molecule has 0 aliphatic carbocycles. The van der Waals surface area contributed by atoms with E-state index in [2.05, 4.69) is 4.72 Å². The Labute approximate surface area is 112 Å². The molecule has 1 aromatic carbocycles. The summed E-state index contributed by atoms with van der Waals surface area (Å²) in [4.78, 5) is 10.8. The number of rotatable bonds is 7. The molecule has 6 nitrogen and oxygen atoms in total. The van der Waals surface area contributed by atoms with E-state index < -0.39 is 22.0 Å². The molecule has 1 aromatic rings. The Morgan fingerprint density at radius 1 is 1.37 bits per heavy atom. The van der Waals surface area contributed by atoms with Crippen molar-refractivity contribution < 1.29 is 23.1 Å². The standard InChI is InChI=1S/C12H17NO5S/c1-3-4-11(12(14)15)13-19(16,17)10-7-5-9(18-2)6-8-10/h5-8,11,13H,3-4H2,1-2H3,(H,14,15)/p-1/t11-/m1/s1. The first-order valence-corrected chi connectivity index (χ1v) is 7.26. The predicted molar refractivity (Wildman–Crippen MR) is 67.0 cm³/mol. The molecule has 106 valence electrons. The van der Waals surface area contributed by atoms with Gasteiger partial charge in [0, 0.05) is 0 Å². The van der Waals surface area contributed by atoms with Crippen molar-refractivity contribution >= 4 is 16.0 Å². The molecule has 1 atom stereocenters. The second-order valence-electron chi connectivity index (χ2n) is 3.96. The zero-order chi connectivity index (χ0) is 14.5. The number of hydrogen-bond donors (Lipinski definition) is 1. The molecule has 0 aliphatic heterocycles. The molecule has 7 heteroatoms. The minimum absolute atomic E-state index is 0.0179. The average molecular weight is 286 g/mol. The van der Waals surface area contributed by atoms with Gasteiger partial charge in [0.2, 0.25) is 10.0 Å². The highest BCUT2D eigenvalue weighted by Gasteiger charge is 2.20. The van der Waals surface area contributed by atoms with Gasteiger partial charge in [-0.25, -0.2) is 13.1 Å². The van der Waals surface area contributed by atoms with Gasteiger partial charge in [-0.05, 0) is 30.7 Å². The lowest BCUT2D eigenvalue weighted by atomic mass is 10.2. The average Bonchev–Trinajstić information content (AvgIpc) is 2.38. The van der Waals surface area contributed by atoms with Crippen molar-refractivity contribution in [2.75, 3.05) is 7.11 Å². The number of sulfonamides is 1. The molecule has 0 bridgehead atoms. The molecule has 0 saturated heterocycles. The van der Waals surface area contributed by atoms with E-state index in [1.807, 2.05) is 0 Å². The molecule has 0 amide bonds. The zero-order valence-electron chi connectivity index (χ0n) is 10.8. The second-order valence-corrected chi connectivity index (χ2v) is 5.67. The van der Waals surface area contributed by atoms with Crippen LogP contribution >= 0.6 is 0 Å². The molecular weight excluding hydrogens is 270 g/mol. The van der Waals surface area contributed by atoms with Crippen molar-refractivity contribution in [2.45, 2.75) is 30.7 Å². The molecule has 1 rings (SSSR count). The zero-order valence-corrected chi connectivity index (χ0v) is 11.6. The lowest BCUT2D eigenvalue weighted by Gasteiger charge is -2.19. The number of ether oxygens (including phenoxy) is 1. The van der Waals surface area contributed by atoms with Crippen LogP contribution in [-0.2, 0) is 14.8 Å². The Hall–Kier alpha value is -1.60. The molecule has 19 heavy (non-hydrogen) atoms. The minimum Gasteiger partial charge on any atom is -0.548 e. The third-order valence-corrected chi connectivity index (χ3v) is 4.02. The highest BCUT2D eigenvalue weighted by molar-refractivity contribution is 7.89. The van der Waals surface area contributed by atoms with Crippen LogP contribution in [-0.4, -0.2) is 27.5 Å². The van der Waals surface area contributed by atoms with Crippen LogP contribution in [0.5, 0.6) is 5.75 Å². The lowest BCUT2D eigenvalue weighted by Crippen LogP contribution is -2.47. The van der Waals surface area contributed by atoms with Crippen LogP contribution in [0.2, 0.25) is 0 Å². The van der Waals surface area contributed by atoms with E-state index in [4.69, 9.17) is 4.74 Å². The maximum absolute atomic E-state index is 12.0. The van der Waals surface area contributed by atoms with Gasteiger partial charge in [0.25, 0.3) is 0 Å². The topological polar surface area (TPSA) is 95.5 Å². The summed E-state index contributed by atoms with van der Waals surface area (Å²) in [6.45, 7) is 1.76. The van der Waals surface area contributed by atoms with Crippen LogP contribution in [0, 0.1) is 0 Å². The maximum atomic E-state index is 12.0. The summed E-state index contributed by atoms with van der Waals surface area (Å²) in [6, 6.07) is 4.45. The van der Waals surface area contributed by atoms with E-state index >= 15 is 0 Å². The predicted octanol–water partition coefficient (Wildman–Crippen LogP) is -0.108. The van der Waals surface area contributed by atoms with E-state index in [1.165, 1.54) is 31.4 Å². The number of aliphatic carboxylic acids is 1. The third kappa shape index (κ3) is 4.22. The van der Waals surface area contributed by atoms with Crippen LogP contribution in [0.25, 0.3) is 0 Å². The smallest absolute Gasteiger partial charge is 0.241 e. The Morgan fingerprint density at radius 2 is 1.95 bits per heavy atom. The van der Waals surface area contributed by atoms with Crippen molar-refractivity contribution in [3.63, 3.8) is 0 Å². The van der Waals surface area contributed by atoms with Crippen molar-refractivity contribution in [3.05, 3.63) is 24.3 Å². The van der Waals surface area contributed by atoms with E-state index in [-0.39, 0.29) is 11.3 Å². The minimum atomic E-state index is -3.88. The molecule has 0 heterocycles. The molecule has 0 radical (unpaired) electrons. The normalized spacial score (nSPS) is 12.9. The summed E-state index contributed by atoms with van der Waals surface area (Å²) in [5.74, 6) is -0.914. The largest absolute Gasteiger partial charge is 0.548 e. The summed E-state index contributed by atoms with van der Waals surface area (Å²) in [7, 11) is -2.41. The van der Waals surface area contributed by atoms with Gasteiger partial charge < -0.3 is 14.6 Å². The van der Waals surface area contributed by atoms with Gasteiger partial charge >= 0.3 is 0 Å². The van der Waals surface area contributed by atoms with Crippen LogP contribution in [0.1, 0.15) is 19.8 Å². The molecular formula is C12H16NO5S-. The fourth-order valence-corrected chi connectivity index (χ4v) is 2.74. The SMILES string of the molecule is CCC[C@@H](NS(=O)(=O)c1ccc(OC)cc1)C(=O)[O-]. The van der Waals surface area contributed by atoms with Gasteiger partial charge in [-0.1, -0.05) is 13.3 Å². The lowest BCUT2D eigenvalue weighted by molar-refractivity contribution is -0.308. The molecule has 0 spiro atoms. The highest BCUT2D eigenvalue weighted by atomic mass is 32.2. The summed E-state index contributed by atoms with van der Waals surface area (Å²) >= 11 is 0. The molecule has 0 aliphatic rings. The van der Waals surface area contributed by atoms with Crippen molar-refractivity contribution in [3.8, 4) is 5.75 Å². The molecule has 0 saturated carbocycles. The number of nitrogens with one attached hydrogen (secondary N) is 1. The Balaban J connectivity index is 2.92. The summed E-state index contributed by atoms with van der Waals surface area (Å²) in [5, 5.41) is 10.8. The number of carboxylic acids is 1. The van der Waals surface area contributed by atoms with E-state index in [9.17, 15) is 18.3 Å². The number of carbonyl (C=O) groups excluding carboxylic acids is 1. The number of methoxy groups -OCH3 is 1. The first-order valence-electron chi connectivity index (χ1n) is 5.78. The Bertz CT molecular complexity index is 524. The number of carbonyl (C=O) groups is 1. The Morgan fingerprint density at radius 3 is 2.37 bits per heavy atom. The van der Waals surface area contributed by atoms with Gasteiger partial charge in [-0.3, -0.25) is 0 Å². The van der Waals surface area contributed by atoms with Gasteiger partial charge in [-0.15, -0.1) is 0 Å². The molecule has 0 unspecified atom stereocenters. The van der Waals surface area contributed by atoms with E-state index in [1.54, 1.807) is 6.92 Å². The van der Waals surface area contributed by atoms with Crippen LogP contribution in [0.4, 0.5) is 0 Å². The summed E-state index contributed by atoms with van der Waals surface area (Å²) < 4.78 is 31.0. The van der Waals surface area contributed by atoms with Crippen molar-refractivity contribution in [2.24, 2.45) is 0 Å². The molecule has 1 N–H and O–H groups in total. The number of hydrogen-bond acceptors (Lipinski definition) is 5. The quantitative estimate of drug-likeness (QED) is 0.754. The van der Waals surface area contributed by atoms with Crippen LogP contribution in [0.3, 0.4) is 0 Å². The van der Waals surface area contributed by atoms with Gasteiger partial charge in [0.15, 0.2) is 0 Å². The number of benzene rings is 1. The maximum Gasteiger partial charge on any atom is 0.241 e. The second kappa shape index (κ2) is 6.53.